The highest BCUT2D eigenvalue weighted by atomic mass is 16.5. The lowest BCUT2D eigenvalue weighted by molar-refractivity contribution is -0.119. The topological polar surface area (TPSA) is 42.4 Å². The van der Waals surface area contributed by atoms with Crippen LogP contribution in [0.3, 0.4) is 0 Å². The summed E-state index contributed by atoms with van der Waals surface area (Å²) in [5, 5.41) is 0. The number of rotatable bonds is 6. The Bertz CT molecular complexity index is 698. The minimum Gasteiger partial charge on any atom is -0.376 e. The maximum atomic E-state index is 13.0. The average molecular weight is 336 g/mol. The molecule has 2 heterocycles. The molecule has 2 aliphatic rings. The Hall–Kier alpha value is -2.20. The van der Waals surface area contributed by atoms with Crippen LogP contribution in [0.25, 0.3) is 0 Å². The summed E-state index contributed by atoms with van der Waals surface area (Å²) in [4.78, 5) is 19.0. The third-order valence-corrected chi connectivity index (χ3v) is 5.27. The summed E-state index contributed by atoms with van der Waals surface area (Å²) in [5.74, 6) is 1.20. The molecule has 1 aliphatic heterocycles. The van der Waals surface area contributed by atoms with Crippen molar-refractivity contribution in [2.75, 3.05) is 18.1 Å². The third-order valence-electron chi connectivity index (χ3n) is 5.27. The van der Waals surface area contributed by atoms with Gasteiger partial charge in [-0.15, -0.1) is 0 Å². The molecule has 1 amide bonds. The molecule has 0 spiro atoms. The largest absolute Gasteiger partial charge is 0.376 e. The predicted octanol–water partition coefficient (Wildman–Crippen LogP) is 3.79. The molecule has 0 unspecified atom stereocenters. The highest BCUT2D eigenvalue weighted by Gasteiger charge is 2.40. The van der Waals surface area contributed by atoms with Crippen LogP contribution in [0.4, 0.5) is 5.69 Å². The van der Waals surface area contributed by atoms with E-state index in [1.807, 2.05) is 23.1 Å². The Morgan fingerprint density at radius 3 is 2.68 bits per heavy atom. The van der Waals surface area contributed by atoms with Crippen LogP contribution in [-0.2, 0) is 9.53 Å². The van der Waals surface area contributed by atoms with Crippen LogP contribution in [0, 0.1) is 5.92 Å². The van der Waals surface area contributed by atoms with Gasteiger partial charge >= 0.3 is 0 Å². The van der Waals surface area contributed by atoms with Gasteiger partial charge in [0.1, 0.15) is 0 Å². The highest BCUT2D eigenvalue weighted by molar-refractivity contribution is 5.93. The van der Waals surface area contributed by atoms with Crippen molar-refractivity contribution in [3.05, 3.63) is 60.4 Å². The second kappa shape index (κ2) is 7.36. The van der Waals surface area contributed by atoms with E-state index in [4.69, 9.17) is 4.74 Å². The zero-order valence-electron chi connectivity index (χ0n) is 14.4. The first-order valence-electron chi connectivity index (χ1n) is 9.18. The van der Waals surface area contributed by atoms with Gasteiger partial charge in [-0.3, -0.25) is 9.78 Å². The minimum atomic E-state index is 0.154. The first-order valence-corrected chi connectivity index (χ1v) is 9.18. The number of ether oxygens (including phenoxy) is 1. The molecule has 25 heavy (non-hydrogen) atoms. The number of hydrogen-bond acceptors (Lipinski definition) is 3. The molecule has 4 heteroatoms. The average Bonchev–Trinajstić information content (AvgIpc) is 3.23. The first kappa shape index (κ1) is 16.3. The summed E-state index contributed by atoms with van der Waals surface area (Å²) in [6.07, 6.45) is 7.48. The van der Waals surface area contributed by atoms with Crippen molar-refractivity contribution in [2.45, 2.75) is 37.7 Å². The highest BCUT2D eigenvalue weighted by Crippen LogP contribution is 2.49. The summed E-state index contributed by atoms with van der Waals surface area (Å²) in [7, 11) is 0. The fourth-order valence-corrected chi connectivity index (χ4v) is 3.78. The third kappa shape index (κ3) is 3.90. The monoisotopic (exact) mass is 336 g/mol. The van der Waals surface area contributed by atoms with E-state index in [1.54, 1.807) is 12.4 Å². The molecule has 130 valence electrons. The quantitative estimate of drug-likeness (QED) is 0.806. The van der Waals surface area contributed by atoms with Gasteiger partial charge in [0.25, 0.3) is 0 Å². The lowest BCUT2D eigenvalue weighted by Crippen LogP contribution is -2.37. The summed E-state index contributed by atoms with van der Waals surface area (Å²) in [6.45, 7) is 1.45. The number of benzene rings is 1. The van der Waals surface area contributed by atoms with E-state index in [0.29, 0.717) is 24.8 Å². The molecule has 2 fully saturated rings. The number of aromatic nitrogens is 1. The molecule has 1 aromatic carbocycles. The van der Waals surface area contributed by atoms with Crippen LogP contribution >= 0.6 is 0 Å². The molecule has 3 atom stereocenters. The van der Waals surface area contributed by atoms with Crippen LogP contribution in [0.2, 0.25) is 0 Å². The van der Waals surface area contributed by atoms with Crippen molar-refractivity contribution in [2.24, 2.45) is 5.92 Å². The Morgan fingerprint density at radius 2 is 1.96 bits per heavy atom. The van der Waals surface area contributed by atoms with Crippen LogP contribution < -0.4 is 4.90 Å². The van der Waals surface area contributed by atoms with Crippen molar-refractivity contribution in [1.29, 1.82) is 0 Å². The molecular formula is C21H24N2O2. The van der Waals surface area contributed by atoms with Crippen LogP contribution in [0.15, 0.2) is 54.9 Å². The van der Waals surface area contributed by atoms with Gasteiger partial charge in [0.2, 0.25) is 5.91 Å². The van der Waals surface area contributed by atoms with E-state index in [-0.39, 0.29) is 12.0 Å². The minimum absolute atomic E-state index is 0.154. The van der Waals surface area contributed by atoms with Gasteiger partial charge in [-0.25, -0.2) is 0 Å². The smallest absolute Gasteiger partial charge is 0.227 e. The number of carbonyl (C=O) groups is 1. The molecule has 1 aromatic heterocycles. The van der Waals surface area contributed by atoms with Gasteiger partial charge in [0.15, 0.2) is 0 Å². The lowest BCUT2D eigenvalue weighted by Gasteiger charge is -2.25. The van der Waals surface area contributed by atoms with Gasteiger partial charge in [0.05, 0.1) is 12.6 Å². The van der Waals surface area contributed by atoms with E-state index in [0.717, 1.165) is 31.6 Å². The number of amides is 1. The van der Waals surface area contributed by atoms with E-state index in [1.165, 1.54) is 5.56 Å². The van der Waals surface area contributed by atoms with Gasteiger partial charge in [-0.1, -0.05) is 30.3 Å². The van der Waals surface area contributed by atoms with Crippen molar-refractivity contribution in [3.8, 4) is 0 Å². The molecule has 0 radical (unpaired) electrons. The second-order valence-corrected chi connectivity index (χ2v) is 7.06. The molecular weight excluding hydrogens is 312 g/mol. The normalized spacial score (nSPS) is 24.9. The van der Waals surface area contributed by atoms with Crippen molar-refractivity contribution < 1.29 is 9.53 Å². The van der Waals surface area contributed by atoms with E-state index in [9.17, 15) is 4.79 Å². The molecule has 1 saturated carbocycles. The molecule has 1 aliphatic carbocycles. The van der Waals surface area contributed by atoms with E-state index < -0.39 is 0 Å². The maximum absolute atomic E-state index is 13.0. The Morgan fingerprint density at radius 1 is 1.16 bits per heavy atom. The van der Waals surface area contributed by atoms with Crippen LogP contribution in [0.5, 0.6) is 0 Å². The van der Waals surface area contributed by atoms with E-state index >= 15 is 0 Å². The number of anilines is 1. The first-order chi connectivity index (χ1) is 12.3. The molecule has 4 nitrogen and oxygen atoms in total. The summed E-state index contributed by atoms with van der Waals surface area (Å²) in [6, 6.07) is 14.4. The second-order valence-electron chi connectivity index (χ2n) is 7.06. The zero-order chi connectivity index (χ0) is 17.1. The predicted molar refractivity (Wildman–Crippen MR) is 97.5 cm³/mol. The van der Waals surface area contributed by atoms with Crippen molar-refractivity contribution in [3.63, 3.8) is 0 Å². The molecule has 2 aromatic rings. The van der Waals surface area contributed by atoms with Gasteiger partial charge in [0, 0.05) is 31.1 Å². The zero-order valence-corrected chi connectivity index (χ0v) is 14.4. The summed E-state index contributed by atoms with van der Waals surface area (Å²) in [5.41, 5.74) is 2.28. The Kier molecular flexibility index (Phi) is 4.79. The summed E-state index contributed by atoms with van der Waals surface area (Å²) >= 11 is 0. The SMILES string of the molecule is O=C(C[C@@H]1C[C@H]1c1ccccc1)N(C[C@@H]1CCCO1)c1ccncc1. The molecule has 1 saturated heterocycles. The molecule has 0 bridgehead atoms. The fraction of sp³-hybridized carbons (Fsp3) is 0.429. The van der Waals surface area contributed by atoms with Crippen LogP contribution in [-0.4, -0.2) is 30.1 Å². The fourth-order valence-electron chi connectivity index (χ4n) is 3.78. The van der Waals surface area contributed by atoms with Crippen molar-refractivity contribution >= 4 is 11.6 Å². The lowest BCUT2D eigenvalue weighted by atomic mass is 10.1. The van der Waals surface area contributed by atoms with Gasteiger partial charge < -0.3 is 9.64 Å². The number of pyridine rings is 1. The van der Waals surface area contributed by atoms with Crippen molar-refractivity contribution in [1.82, 2.24) is 4.98 Å². The summed E-state index contributed by atoms with van der Waals surface area (Å²) < 4.78 is 5.76. The maximum Gasteiger partial charge on any atom is 0.227 e. The van der Waals surface area contributed by atoms with E-state index in [2.05, 4.69) is 29.2 Å². The van der Waals surface area contributed by atoms with Gasteiger partial charge in [-0.2, -0.15) is 0 Å². The number of nitrogens with zero attached hydrogens (tertiary/aromatic N) is 2. The standard InChI is InChI=1S/C21H24N2O2/c24-21(14-17-13-20(17)16-5-2-1-3-6-16)23(15-19-7-4-12-25-19)18-8-10-22-11-9-18/h1-3,5-6,8-11,17,19-20H,4,7,12-15H2/t17-,19-,20-/m0/s1. The number of carbonyl (C=O) groups excluding carboxylic acids is 1. The van der Waals surface area contributed by atoms with Gasteiger partial charge in [-0.05, 0) is 48.8 Å². The Balaban J connectivity index is 1.43. The number of hydrogen-bond donors (Lipinski definition) is 0. The van der Waals surface area contributed by atoms with Crippen LogP contribution in [0.1, 0.15) is 37.2 Å². The Labute approximate surface area is 148 Å². The molecule has 0 N–H and O–H groups in total. The molecule has 4 rings (SSSR count).